The normalized spacial score (nSPS) is 10.1. The first kappa shape index (κ1) is 9.41. The Labute approximate surface area is 76.1 Å². The second kappa shape index (κ2) is 5.91. The molecule has 0 aromatic carbocycles. The third kappa shape index (κ3) is 3.64. The minimum absolute atomic E-state index is 0.790. The average Bonchev–Trinajstić information content (AvgIpc) is 2.57. The smallest absolute Gasteiger partial charge is 0.202 e. The highest BCUT2D eigenvalue weighted by Gasteiger charge is 1.93. The van der Waals surface area contributed by atoms with Gasteiger partial charge in [0.05, 0.1) is 0 Å². The van der Waals surface area contributed by atoms with E-state index in [-0.39, 0.29) is 0 Å². The van der Waals surface area contributed by atoms with E-state index in [1.54, 1.807) is 6.33 Å². The van der Waals surface area contributed by atoms with E-state index < -0.39 is 0 Å². The first-order valence-electron chi connectivity index (χ1n) is 4.01. The van der Waals surface area contributed by atoms with Gasteiger partial charge in [0, 0.05) is 31.3 Å². The van der Waals surface area contributed by atoms with E-state index in [1.807, 2.05) is 6.92 Å². The summed E-state index contributed by atoms with van der Waals surface area (Å²) in [4.78, 5) is 3.99. The van der Waals surface area contributed by atoms with Crippen molar-refractivity contribution in [3.63, 3.8) is 0 Å². The molecule has 1 N–H and O–H groups in total. The van der Waals surface area contributed by atoms with Gasteiger partial charge in [0.2, 0.25) is 5.13 Å². The number of nitrogens with zero attached hydrogens (tertiary/aromatic N) is 2. The molecule has 0 fully saturated rings. The fourth-order valence-electron chi connectivity index (χ4n) is 0.765. The highest BCUT2D eigenvalue weighted by atomic mass is 32.1. The molecule has 12 heavy (non-hydrogen) atoms. The van der Waals surface area contributed by atoms with Crippen molar-refractivity contribution in [1.82, 2.24) is 9.36 Å². The maximum Gasteiger partial charge on any atom is 0.202 e. The number of nitrogens with one attached hydrogen (secondary N) is 1. The van der Waals surface area contributed by atoms with Gasteiger partial charge in [-0.25, -0.2) is 4.98 Å². The van der Waals surface area contributed by atoms with Crippen LogP contribution in [0.15, 0.2) is 6.33 Å². The molecule has 0 saturated heterocycles. The summed E-state index contributed by atoms with van der Waals surface area (Å²) in [6, 6.07) is 0. The average molecular weight is 187 g/mol. The topological polar surface area (TPSA) is 47.0 Å². The van der Waals surface area contributed by atoms with Crippen molar-refractivity contribution in [3.05, 3.63) is 6.33 Å². The molecular weight excluding hydrogens is 174 g/mol. The summed E-state index contributed by atoms with van der Waals surface area (Å²) in [7, 11) is 0. The molecule has 0 radical (unpaired) electrons. The van der Waals surface area contributed by atoms with Crippen molar-refractivity contribution in [2.24, 2.45) is 0 Å². The van der Waals surface area contributed by atoms with Crippen LogP contribution in [0.25, 0.3) is 0 Å². The summed E-state index contributed by atoms with van der Waals surface area (Å²) in [6.45, 7) is 4.49. The molecule has 5 heteroatoms. The van der Waals surface area contributed by atoms with Gasteiger partial charge in [-0.05, 0) is 13.3 Å². The minimum Gasteiger partial charge on any atom is -0.382 e. The number of rotatable bonds is 6. The maximum absolute atomic E-state index is 5.18. The summed E-state index contributed by atoms with van der Waals surface area (Å²) >= 11 is 1.37. The van der Waals surface area contributed by atoms with Crippen LogP contribution in [-0.2, 0) is 4.74 Å². The van der Waals surface area contributed by atoms with Crippen LogP contribution < -0.4 is 5.32 Å². The number of aromatic nitrogens is 2. The summed E-state index contributed by atoms with van der Waals surface area (Å²) in [5, 5.41) is 4.03. The number of ether oxygens (including phenoxy) is 1. The van der Waals surface area contributed by atoms with Crippen molar-refractivity contribution in [1.29, 1.82) is 0 Å². The van der Waals surface area contributed by atoms with Gasteiger partial charge in [-0.2, -0.15) is 4.37 Å². The molecule has 1 heterocycles. The fourth-order valence-corrected chi connectivity index (χ4v) is 1.22. The lowest BCUT2D eigenvalue weighted by atomic mass is 10.4. The summed E-state index contributed by atoms with van der Waals surface area (Å²) in [6.07, 6.45) is 2.56. The van der Waals surface area contributed by atoms with Gasteiger partial charge >= 0.3 is 0 Å². The van der Waals surface area contributed by atoms with E-state index in [9.17, 15) is 0 Å². The Morgan fingerprint density at radius 3 is 3.25 bits per heavy atom. The third-order valence-electron chi connectivity index (χ3n) is 1.31. The molecule has 0 aliphatic carbocycles. The zero-order chi connectivity index (χ0) is 8.65. The molecule has 4 nitrogen and oxygen atoms in total. The van der Waals surface area contributed by atoms with Crippen LogP contribution >= 0.6 is 11.5 Å². The molecule has 0 spiro atoms. The van der Waals surface area contributed by atoms with Gasteiger partial charge in [0.1, 0.15) is 6.33 Å². The molecule has 0 unspecified atom stereocenters. The quantitative estimate of drug-likeness (QED) is 0.683. The zero-order valence-corrected chi connectivity index (χ0v) is 7.93. The van der Waals surface area contributed by atoms with Gasteiger partial charge < -0.3 is 10.1 Å². The lowest BCUT2D eigenvalue weighted by Gasteiger charge is -2.01. The maximum atomic E-state index is 5.18. The van der Waals surface area contributed by atoms with Crippen molar-refractivity contribution >= 4 is 16.7 Å². The number of hydrogen-bond donors (Lipinski definition) is 1. The molecule has 0 bridgehead atoms. The number of anilines is 1. The predicted molar refractivity (Wildman–Crippen MR) is 49.5 cm³/mol. The van der Waals surface area contributed by atoms with Gasteiger partial charge in [-0.1, -0.05) is 0 Å². The van der Waals surface area contributed by atoms with Crippen molar-refractivity contribution < 1.29 is 4.74 Å². The lowest BCUT2D eigenvalue weighted by Crippen LogP contribution is -2.05. The van der Waals surface area contributed by atoms with E-state index in [0.717, 1.165) is 31.3 Å². The first-order valence-corrected chi connectivity index (χ1v) is 4.79. The Balaban J connectivity index is 1.96. The largest absolute Gasteiger partial charge is 0.382 e. The Hall–Kier alpha value is -0.680. The monoisotopic (exact) mass is 187 g/mol. The molecule has 0 atom stereocenters. The van der Waals surface area contributed by atoms with E-state index in [1.165, 1.54) is 11.5 Å². The minimum atomic E-state index is 0.790. The highest BCUT2D eigenvalue weighted by Crippen LogP contribution is 2.05. The summed E-state index contributed by atoms with van der Waals surface area (Å²) in [5.74, 6) is 0. The van der Waals surface area contributed by atoms with Crippen LogP contribution in [0.1, 0.15) is 13.3 Å². The fraction of sp³-hybridized carbons (Fsp3) is 0.714. The van der Waals surface area contributed by atoms with E-state index in [4.69, 9.17) is 4.74 Å². The SMILES string of the molecule is CCOCCCNc1ncns1. The van der Waals surface area contributed by atoms with Crippen LogP contribution in [-0.4, -0.2) is 29.1 Å². The van der Waals surface area contributed by atoms with Crippen LogP contribution in [0.5, 0.6) is 0 Å². The zero-order valence-electron chi connectivity index (χ0n) is 7.12. The second-order valence-corrected chi connectivity index (χ2v) is 3.00. The van der Waals surface area contributed by atoms with Gasteiger partial charge in [-0.3, -0.25) is 0 Å². The Bertz CT molecular complexity index is 191. The Morgan fingerprint density at radius 2 is 2.58 bits per heavy atom. The van der Waals surface area contributed by atoms with Crippen molar-refractivity contribution in [2.75, 3.05) is 25.1 Å². The summed E-state index contributed by atoms with van der Waals surface area (Å²) < 4.78 is 9.05. The molecule has 0 saturated carbocycles. The molecule has 0 aliphatic rings. The molecule has 68 valence electrons. The highest BCUT2D eigenvalue weighted by molar-refractivity contribution is 7.09. The van der Waals surface area contributed by atoms with Gasteiger partial charge in [0.15, 0.2) is 0 Å². The second-order valence-electron chi connectivity index (χ2n) is 2.22. The Morgan fingerprint density at radius 1 is 1.67 bits per heavy atom. The summed E-state index contributed by atoms with van der Waals surface area (Å²) in [5.41, 5.74) is 0. The molecule has 0 aliphatic heterocycles. The number of hydrogen-bond acceptors (Lipinski definition) is 5. The lowest BCUT2D eigenvalue weighted by molar-refractivity contribution is 0.147. The standard InChI is InChI=1S/C7H13N3OS/c1-2-11-5-3-4-8-7-9-6-10-12-7/h6H,2-5H2,1H3,(H,8,9,10). The van der Waals surface area contributed by atoms with Crippen molar-refractivity contribution in [2.45, 2.75) is 13.3 Å². The van der Waals surface area contributed by atoms with Crippen LogP contribution in [0.3, 0.4) is 0 Å². The van der Waals surface area contributed by atoms with E-state index >= 15 is 0 Å². The first-order chi connectivity index (χ1) is 5.93. The van der Waals surface area contributed by atoms with Gasteiger partial charge in [0.25, 0.3) is 0 Å². The molecule has 1 aromatic heterocycles. The van der Waals surface area contributed by atoms with E-state index in [2.05, 4.69) is 14.7 Å². The molecule has 1 rings (SSSR count). The molecule has 1 aromatic rings. The van der Waals surface area contributed by atoms with Crippen molar-refractivity contribution in [3.8, 4) is 0 Å². The molecular formula is C7H13N3OS. The van der Waals surface area contributed by atoms with Gasteiger partial charge in [-0.15, -0.1) is 0 Å². The van der Waals surface area contributed by atoms with Crippen LogP contribution in [0.2, 0.25) is 0 Å². The predicted octanol–water partition coefficient (Wildman–Crippen LogP) is 1.38. The van der Waals surface area contributed by atoms with Crippen LogP contribution in [0.4, 0.5) is 5.13 Å². The Kier molecular flexibility index (Phi) is 4.63. The van der Waals surface area contributed by atoms with Crippen LogP contribution in [0, 0.1) is 0 Å². The molecule has 0 amide bonds. The third-order valence-corrected chi connectivity index (χ3v) is 1.93. The van der Waals surface area contributed by atoms with E-state index in [0.29, 0.717) is 0 Å².